The van der Waals surface area contributed by atoms with Crippen molar-refractivity contribution in [3.8, 4) is 0 Å². The maximum Gasteiger partial charge on any atom is 0.326 e. The molecule has 0 fully saturated rings. The highest BCUT2D eigenvalue weighted by Crippen LogP contribution is 2.21. The van der Waals surface area contributed by atoms with Gasteiger partial charge in [0.05, 0.1) is 6.04 Å². The Balaban J connectivity index is 1.45. The molecule has 11 heteroatoms. The number of nitrogens with two attached hydrogens (primary N) is 1. The van der Waals surface area contributed by atoms with E-state index in [-0.39, 0.29) is 24.7 Å². The van der Waals surface area contributed by atoms with Gasteiger partial charge in [0.2, 0.25) is 17.7 Å². The number of carbonyl (C=O) groups is 4. The van der Waals surface area contributed by atoms with Crippen LogP contribution in [0.5, 0.6) is 0 Å². The Labute approximate surface area is 262 Å². The number of para-hydroxylation sites is 2. The highest BCUT2D eigenvalue weighted by molar-refractivity contribution is 5.95. The zero-order valence-corrected chi connectivity index (χ0v) is 26.2. The van der Waals surface area contributed by atoms with Crippen molar-refractivity contribution in [2.75, 3.05) is 0 Å². The van der Waals surface area contributed by atoms with E-state index in [0.717, 1.165) is 32.9 Å². The van der Waals surface area contributed by atoms with Crippen molar-refractivity contribution in [1.29, 1.82) is 0 Å². The van der Waals surface area contributed by atoms with Gasteiger partial charge in [-0.05, 0) is 47.9 Å². The number of aliphatic carboxylic acids is 1. The van der Waals surface area contributed by atoms with Crippen LogP contribution in [-0.4, -0.2) is 62.9 Å². The van der Waals surface area contributed by atoms with Crippen molar-refractivity contribution in [2.45, 2.75) is 77.5 Å². The Hall–Kier alpha value is -4.64. The number of carboxylic acids is 1. The van der Waals surface area contributed by atoms with E-state index in [9.17, 15) is 24.3 Å². The molecule has 3 amide bonds. The second-order valence-corrected chi connectivity index (χ2v) is 12.2. The number of nitrogens with one attached hydrogen (secondary N) is 5. The van der Waals surface area contributed by atoms with Crippen LogP contribution in [0.1, 0.15) is 51.7 Å². The Morgan fingerprint density at radius 2 is 1.29 bits per heavy atom. The molecule has 0 unspecified atom stereocenters. The fourth-order valence-corrected chi connectivity index (χ4v) is 5.55. The fraction of sp³-hybridized carbons (Fsp3) is 0.412. The number of hydrogen-bond donors (Lipinski definition) is 7. The number of rotatable bonds is 15. The summed E-state index contributed by atoms with van der Waals surface area (Å²) >= 11 is 0. The van der Waals surface area contributed by atoms with Crippen LogP contribution in [0.4, 0.5) is 0 Å². The minimum Gasteiger partial charge on any atom is -0.480 e. The summed E-state index contributed by atoms with van der Waals surface area (Å²) in [6.45, 7) is 7.56. The van der Waals surface area contributed by atoms with E-state index >= 15 is 0 Å². The van der Waals surface area contributed by atoms with E-state index in [4.69, 9.17) is 5.73 Å². The van der Waals surface area contributed by atoms with Crippen molar-refractivity contribution >= 4 is 45.5 Å². The molecule has 240 valence electrons. The zero-order chi connectivity index (χ0) is 32.7. The van der Waals surface area contributed by atoms with Gasteiger partial charge in [0, 0.05) is 40.6 Å². The van der Waals surface area contributed by atoms with Gasteiger partial charge in [-0.2, -0.15) is 0 Å². The summed E-state index contributed by atoms with van der Waals surface area (Å²) in [5, 5.41) is 20.1. The van der Waals surface area contributed by atoms with E-state index in [0.29, 0.717) is 12.8 Å². The van der Waals surface area contributed by atoms with Crippen molar-refractivity contribution < 1.29 is 24.3 Å². The fourth-order valence-electron chi connectivity index (χ4n) is 5.55. The first kappa shape index (κ1) is 33.3. The lowest BCUT2D eigenvalue weighted by atomic mass is 9.95. The summed E-state index contributed by atoms with van der Waals surface area (Å²) < 4.78 is 0. The second kappa shape index (κ2) is 14.9. The quantitative estimate of drug-likeness (QED) is 0.107. The molecule has 8 N–H and O–H groups in total. The van der Waals surface area contributed by atoms with E-state index in [1.54, 1.807) is 6.20 Å². The minimum atomic E-state index is -1.21. The molecule has 2 heterocycles. The highest BCUT2D eigenvalue weighted by atomic mass is 16.4. The van der Waals surface area contributed by atoms with Gasteiger partial charge in [0.1, 0.15) is 18.1 Å². The molecule has 0 bridgehead atoms. The number of amides is 3. The van der Waals surface area contributed by atoms with E-state index in [2.05, 4.69) is 25.9 Å². The van der Waals surface area contributed by atoms with Crippen LogP contribution in [0.3, 0.4) is 0 Å². The van der Waals surface area contributed by atoms with Gasteiger partial charge in [-0.15, -0.1) is 0 Å². The van der Waals surface area contributed by atoms with E-state index in [1.165, 1.54) is 0 Å². The molecule has 0 saturated carbocycles. The third-order valence-electron chi connectivity index (χ3n) is 8.30. The van der Waals surface area contributed by atoms with Crippen molar-refractivity contribution in [2.24, 2.45) is 17.6 Å². The molecule has 0 aliphatic rings. The molecule has 0 aliphatic heterocycles. The molecule has 0 radical (unpaired) electrons. The molecule has 5 atom stereocenters. The van der Waals surface area contributed by atoms with Crippen LogP contribution in [0.15, 0.2) is 60.9 Å². The first-order chi connectivity index (χ1) is 21.5. The van der Waals surface area contributed by atoms with Crippen molar-refractivity contribution in [1.82, 2.24) is 25.9 Å². The summed E-state index contributed by atoms with van der Waals surface area (Å²) in [6.07, 6.45) is 4.78. The van der Waals surface area contributed by atoms with E-state index in [1.807, 2.05) is 82.4 Å². The third kappa shape index (κ3) is 8.30. The van der Waals surface area contributed by atoms with Crippen LogP contribution in [-0.2, 0) is 32.0 Å². The number of carboxylic acid groups (broad SMARTS) is 1. The van der Waals surface area contributed by atoms with Gasteiger partial charge >= 0.3 is 5.97 Å². The smallest absolute Gasteiger partial charge is 0.326 e. The summed E-state index contributed by atoms with van der Waals surface area (Å²) in [5.74, 6) is -3.05. The minimum absolute atomic E-state index is 0.0503. The zero-order valence-electron chi connectivity index (χ0n) is 26.2. The monoisotopic (exact) mass is 616 g/mol. The molecule has 2 aromatic heterocycles. The first-order valence-electron chi connectivity index (χ1n) is 15.5. The van der Waals surface area contributed by atoms with Gasteiger partial charge < -0.3 is 36.8 Å². The molecule has 2 aromatic carbocycles. The third-order valence-corrected chi connectivity index (χ3v) is 8.30. The molecule has 45 heavy (non-hydrogen) atoms. The molecule has 0 spiro atoms. The van der Waals surface area contributed by atoms with Gasteiger partial charge in [0.15, 0.2) is 0 Å². The lowest BCUT2D eigenvalue weighted by molar-refractivity contribution is -0.142. The average molecular weight is 617 g/mol. The second-order valence-electron chi connectivity index (χ2n) is 12.2. The Morgan fingerprint density at radius 3 is 1.82 bits per heavy atom. The summed E-state index contributed by atoms with van der Waals surface area (Å²) in [5.41, 5.74) is 9.75. The standard InChI is InChI=1S/C34H44N6O5/c1-5-20(4)30(33(43)39-29(34(44)45)16-22-18-37-27-13-9-7-11-24(22)27)40-32(42)28(14-19(2)3)38-31(41)25(35)15-21-17-36-26-12-8-6-10-23(21)26/h6-13,17-20,25,28-30,36-37H,5,14-16,35H2,1-4H3,(H,38,41)(H,39,43)(H,40,42)(H,44,45)/t20-,25-,28-,29+,30+/m1/s1. The Morgan fingerprint density at radius 1 is 0.756 bits per heavy atom. The van der Waals surface area contributed by atoms with E-state index < -0.39 is 47.9 Å². The van der Waals surface area contributed by atoms with Gasteiger partial charge in [0.25, 0.3) is 0 Å². The van der Waals surface area contributed by atoms with Crippen LogP contribution >= 0.6 is 0 Å². The number of H-pyrrole nitrogens is 2. The Bertz CT molecular complexity index is 1640. The Kier molecular flexibility index (Phi) is 11.0. The van der Waals surface area contributed by atoms with Crippen LogP contribution in [0, 0.1) is 11.8 Å². The lowest BCUT2D eigenvalue weighted by Crippen LogP contribution is -2.59. The van der Waals surface area contributed by atoms with Gasteiger partial charge in [-0.25, -0.2) is 4.79 Å². The van der Waals surface area contributed by atoms with Gasteiger partial charge in [-0.3, -0.25) is 14.4 Å². The number of carbonyl (C=O) groups excluding carboxylic acids is 3. The molecule has 4 aromatic rings. The summed E-state index contributed by atoms with van der Waals surface area (Å²) in [4.78, 5) is 58.9. The first-order valence-corrected chi connectivity index (χ1v) is 15.5. The molecule has 0 saturated heterocycles. The molecule has 4 rings (SSSR count). The number of hydrogen-bond acceptors (Lipinski definition) is 5. The number of aromatic nitrogens is 2. The highest BCUT2D eigenvalue weighted by Gasteiger charge is 2.33. The SMILES string of the molecule is CC[C@@H](C)[C@H](NC(=O)[C@@H](CC(C)C)NC(=O)[C@H](N)Cc1c[nH]c2ccccc12)C(=O)N[C@@H](Cc1c[nH]c2ccccc12)C(=O)O. The molecule has 0 aliphatic carbocycles. The van der Waals surface area contributed by atoms with Crippen molar-refractivity contribution in [3.63, 3.8) is 0 Å². The van der Waals surface area contributed by atoms with Crippen LogP contribution < -0.4 is 21.7 Å². The maximum atomic E-state index is 13.6. The summed E-state index contributed by atoms with van der Waals surface area (Å²) in [6, 6.07) is 11.2. The van der Waals surface area contributed by atoms with Crippen LogP contribution in [0.2, 0.25) is 0 Å². The molecule has 11 nitrogen and oxygen atoms in total. The molecular formula is C34H44N6O5. The predicted octanol–water partition coefficient (Wildman–Crippen LogP) is 3.39. The lowest BCUT2D eigenvalue weighted by Gasteiger charge is -2.28. The molecular weight excluding hydrogens is 572 g/mol. The predicted molar refractivity (Wildman–Crippen MR) is 174 cm³/mol. The normalized spacial score (nSPS) is 14.9. The van der Waals surface area contributed by atoms with Crippen LogP contribution in [0.25, 0.3) is 21.8 Å². The van der Waals surface area contributed by atoms with Gasteiger partial charge in [-0.1, -0.05) is 70.5 Å². The maximum absolute atomic E-state index is 13.6. The van der Waals surface area contributed by atoms with Crippen molar-refractivity contribution in [3.05, 3.63) is 72.1 Å². The summed E-state index contributed by atoms with van der Waals surface area (Å²) in [7, 11) is 0. The average Bonchev–Trinajstić information content (AvgIpc) is 3.62. The largest absolute Gasteiger partial charge is 0.480 e. The number of aromatic amines is 2. The topological polar surface area (TPSA) is 182 Å². The number of fused-ring (bicyclic) bond motifs is 2. The number of benzene rings is 2.